The molecule has 1 aromatic carbocycles. The molecule has 7 heteroatoms. The van der Waals surface area contributed by atoms with Crippen molar-refractivity contribution in [3.05, 3.63) is 24.3 Å². The summed E-state index contributed by atoms with van der Waals surface area (Å²) in [6.45, 7) is 3.63. The normalized spacial score (nSPS) is 13.2. The summed E-state index contributed by atoms with van der Waals surface area (Å²) in [5, 5.41) is 22.8. The van der Waals surface area contributed by atoms with Crippen LogP contribution in [0.15, 0.2) is 24.3 Å². The Morgan fingerprint density at radius 3 is 2.65 bits per heavy atom. The Kier molecular flexibility index (Phi) is 5.79. The van der Waals surface area contributed by atoms with Crippen LogP contribution in [0, 0.1) is 0 Å². The zero-order valence-corrected chi connectivity index (χ0v) is 11.3. The Morgan fingerprint density at radius 2 is 2.10 bits per heavy atom. The number of carboxylic acids is 1. The predicted octanol–water partition coefficient (Wildman–Crippen LogP) is 1.04. The van der Waals surface area contributed by atoms with Gasteiger partial charge >= 0.3 is 12.0 Å². The average Bonchev–Trinajstić information content (AvgIpc) is 2.36. The molecular weight excluding hydrogens is 264 g/mol. The fourth-order valence-electron chi connectivity index (χ4n) is 1.53. The van der Waals surface area contributed by atoms with Gasteiger partial charge < -0.3 is 25.6 Å². The quantitative estimate of drug-likeness (QED) is 0.623. The zero-order valence-electron chi connectivity index (χ0n) is 11.3. The number of aliphatic hydroxyl groups excluding tert-OH is 1. The second kappa shape index (κ2) is 7.34. The van der Waals surface area contributed by atoms with Gasteiger partial charge in [-0.1, -0.05) is 6.07 Å². The molecular formula is C13H18N2O5. The van der Waals surface area contributed by atoms with Crippen molar-refractivity contribution in [3.63, 3.8) is 0 Å². The topological polar surface area (TPSA) is 108 Å². The lowest BCUT2D eigenvalue weighted by Gasteiger charge is -2.17. The Bertz CT molecular complexity index is 476. The van der Waals surface area contributed by atoms with Gasteiger partial charge in [0.1, 0.15) is 5.75 Å². The third-order valence-electron chi connectivity index (χ3n) is 2.44. The highest BCUT2D eigenvalue weighted by Gasteiger charge is 2.24. The van der Waals surface area contributed by atoms with Crippen LogP contribution in [-0.2, 0) is 4.79 Å². The van der Waals surface area contributed by atoms with Crippen molar-refractivity contribution in [2.75, 3.05) is 11.9 Å². The van der Waals surface area contributed by atoms with E-state index in [1.165, 1.54) is 6.92 Å². The highest BCUT2D eigenvalue weighted by molar-refractivity contribution is 5.92. The minimum absolute atomic E-state index is 0.461. The maximum Gasteiger partial charge on any atom is 0.328 e. The molecule has 0 spiro atoms. The zero-order chi connectivity index (χ0) is 15.1. The van der Waals surface area contributed by atoms with Gasteiger partial charge in [0.2, 0.25) is 0 Å². The molecule has 0 fully saturated rings. The van der Waals surface area contributed by atoms with Crippen LogP contribution in [0.4, 0.5) is 10.5 Å². The fourth-order valence-corrected chi connectivity index (χ4v) is 1.53. The number of carbonyl (C=O) groups is 2. The number of nitrogens with one attached hydrogen (secondary N) is 2. The van der Waals surface area contributed by atoms with Gasteiger partial charge in [0.25, 0.3) is 0 Å². The molecule has 0 aromatic heterocycles. The number of anilines is 1. The standard InChI is InChI=1S/C13H18N2O5/c1-3-20-10-6-4-5-9(7-10)14-13(19)15-11(8(2)16)12(17)18/h4-8,11,16H,3H2,1-2H3,(H,17,18)(H2,14,15,19). The van der Waals surface area contributed by atoms with Crippen molar-refractivity contribution >= 4 is 17.7 Å². The summed E-state index contributed by atoms with van der Waals surface area (Å²) in [6.07, 6.45) is -1.20. The molecule has 20 heavy (non-hydrogen) atoms. The maximum atomic E-state index is 11.7. The van der Waals surface area contributed by atoms with Gasteiger partial charge in [0.05, 0.1) is 12.7 Å². The second-order valence-electron chi connectivity index (χ2n) is 4.12. The molecule has 0 heterocycles. The van der Waals surface area contributed by atoms with Crippen LogP contribution in [0.25, 0.3) is 0 Å². The number of carboxylic acid groups (broad SMARTS) is 1. The summed E-state index contributed by atoms with van der Waals surface area (Å²) in [6, 6.07) is 4.60. The van der Waals surface area contributed by atoms with Gasteiger partial charge in [-0.2, -0.15) is 0 Å². The van der Waals surface area contributed by atoms with Gasteiger partial charge in [-0.3, -0.25) is 0 Å². The molecule has 0 aliphatic rings. The minimum Gasteiger partial charge on any atom is -0.494 e. The van der Waals surface area contributed by atoms with Crippen molar-refractivity contribution in [1.29, 1.82) is 0 Å². The third kappa shape index (κ3) is 4.77. The van der Waals surface area contributed by atoms with E-state index in [0.29, 0.717) is 18.0 Å². The van der Waals surface area contributed by atoms with Crippen molar-refractivity contribution in [2.45, 2.75) is 26.0 Å². The summed E-state index contributed by atoms with van der Waals surface area (Å²) in [5.41, 5.74) is 0.461. The predicted molar refractivity (Wildman–Crippen MR) is 72.9 cm³/mol. The Balaban J connectivity index is 2.66. The molecule has 2 amide bonds. The minimum atomic E-state index is -1.37. The summed E-state index contributed by atoms with van der Waals surface area (Å²) >= 11 is 0. The van der Waals surface area contributed by atoms with Crippen LogP contribution >= 0.6 is 0 Å². The molecule has 0 saturated carbocycles. The van der Waals surface area contributed by atoms with Crippen molar-refractivity contribution in [2.24, 2.45) is 0 Å². The Morgan fingerprint density at radius 1 is 1.40 bits per heavy atom. The number of amides is 2. The number of urea groups is 1. The number of hydrogen-bond acceptors (Lipinski definition) is 4. The molecule has 1 rings (SSSR count). The first kappa shape index (κ1) is 15.8. The molecule has 0 bridgehead atoms. The first-order chi connectivity index (χ1) is 9.43. The van der Waals surface area contributed by atoms with E-state index >= 15 is 0 Å². The highest BCUT2D eigenvalue weighted by atomic mass is 16.5. The summed E-state index contributed by atoms with van der Waals surface area (Å²) < 4.78 is 5.28. The van der Waals surface area contributed by atoms with E-state index in [0.717, 1.165) is 0 Å². The van der Waals surface area contributed by atoms with Crippen LogP contribution in [0.2, 0.25) is 0 Å². The molecule has 2 atom stereocenters. The van der Waals surface area contributed by atoms with Gasteiger partial charge in [-0.15, -0.1) is 0 Å². The smallest absolute Gasteiger partial charge is 0.328 e. The molecule has 0 aliphatic carbocycles. The number of benzene rings is 1. The van der Waals surface area contributed by atoms with Gasteiger partial charge in [0, 0.05) is 11.8 Å². The summed E-state index contributed by atoms with van der Waals surface area (Å²) in [7, 11) is 0. The maximum absolute atomic E-state index is 11.7. The van der Waals surface area contributed by atoms with E-state index in [-0.39, 0.29) is 0 Å². The molecule has 7 nitrogen and oxygen atoms in total. The lowest BCUT2D eigenvalue weighted by molar-refractivity contribution is -0.141. The lowest BCUT2D eigenvalue weighted by atomic mass is 10.2. The third-order valence-corrected chi connectivity index (χ3v) is 2.44. The first-order valence-corrected chi connectivity index (χ1v) is 6.15. The lowest BCUT2D eigenvalue weighted by Crippen LogP contribution is -2.49. The van der Waals surface area contributed by atoms with E-state index in [2.05, 4.69) is 10.6 Å². The first-order valence-electron chi connectivity index (χ1n) is 6.15. The summed E-state index contributed by atoms with van der Waals surface area (Å²) in [4.78, 5) is 22.5. The largest absolute Gasteiger partial charge is 0.494 e. The van der Waals surface area contributed by atoms with Crippen molar-refractivity contribution < 1.29 is 24.5 Å². The second-order valence-corrected chi connectivity index (χ2v) is 4.12. The number of aliphatic hydroxyl groups is 1. The van der Waals surface area contributed by atoms with Crippen LogP contribution in [0.1, 0.15) is 13.8 Å². The number of carbonyl (C=O) groups excluding carboxylic acids is 1. The molecule has 1 aromatic rings. The van der Waals surface area contributed by atoms with Gasteiger partial charge in [-0.25, -0.2) is 9.59 Å². The average molecular weight is 282 g/mol. The van der Waals surface area contributed by atoms with Crippen molar-refractivity contribution in [1.82, 2.24) is 5.32 Å². The molecule has 0 saturated heterocycles. The van der Waals surface area contributed by atoms with Gasteiger partial charge in [0.15, 0.2) is 6.04 Å². The van der Waals surface area contributed by atoms with Crippen LogP contribution in [0.3, 0.4) is 0 Å². The van der Waals surface area contributed by atoms with E-state index in [1.54, 1.807) is 24.3 Å². The number of aliphatic carboxylic acids is 1. The SMILES string of the molecule is CCOc1cccc(NC(=O)NC(C(=O)O)C(C)O)c1. The Hall–Kier alpha value is -2.28. The van der Waals surface area contributed by atoms with E-state index in [4.69, 9.17) is 9.84 Å². The molecule has 0 radical (unpaired) electrons. The Labute approximate surface area is 116 Å². The monoisotopic (exact) mass is 282 g/mol. The number of hydrogen-bond donors (Lipinski definition) is 4. The summed E-state index contributed by atoms with van der Waals surface area (Å²) in [5.74, 6) is -0.714. The van der Waals surface area contributed by atoms with Crippen LogP contribution in [-0.4, -0.2) is 41.0 Å². The van der Waals surface area contributed by atoms with Crippen molar-refractivity contribution in [3.8, 4) is 5.75 Å². The molecule has 110 valence electrons. The number of ether oxygens (including phenoxy) is 1. The molecule has 2 unspecified atom stereocenters. The fraction of sp³-hybridized carbons (Fsp3) is 0.385. The molecule has 4 N–H and O–H groups in total. The van der Waals surface area contributed by atoms with Crippen LogP contribution in [0.5, 0.6) is 5.75 Å². The van der Waals surface area contributed by atoms with E-state index in [1.807, 2.05) is 6.92 Å². The highest BCUT2D eigenvalue weighted by Crippen LogP contribution is 2.17. The van der Waals surface area contributed by atoms with Gasteiger partial charge in [-0.05, 0) is 26.0 Å². The number of rotatable bonds is 6. The van der Waals surface area contributed by atoms with E-state index < -0.39 is 24.1 Å². The molecule has 0 aliphatic heterocycles. The van der Waals surface area contributed by atoms with E-state index in [9.17, 15) is 14.7 Å². The van der Waals surface area contributed by atoms with Crippen LogP contribution < -0.4 is 15.4 Å².